The molecule has 0 heterocycles. The molecule has 0 saturated heterocycles. The van der Waals surface area contributed by atoms with Gasteiger partial charge in [-0.05, 0) is 12.5 Å². The molecule has 0 atom stereocenters. The van der Waals surface area contributed by atoms with Crippen LogP contribution < -0.4 is 0 Å². The van der Waals surface area contributed by atoms with Crippen LogP contribution in [0.4, 0.5) is 0 Å². The van der Waals surface area contributed by atoms with E-state index in [-0.39, 0.29) is 5.97 Å². The topological polar surface area (TPSA) is 26.3 Å². The first kappa shape index (κ1) is 9.21. The van der Waals surface area contributed by atoms with Crippen molar-refractivity contribution in [1.29, 1.82) is 0 Å². The van der Waals surface area contributed by atoms with E-state index in [2.05, 4.69) is 11.7 Å². The van der Waals surface area contributed by atoms with Crippen molar-refractivity contribution in [2.24, 2.45) is 0 Å². The molecule has 0 aromatic carbocycles. The van der Waals surface area contributed by atoms with E-state index in [9.17, 15) is 4.79 Å². The normalized spacial score (nSPS) is 10.2. The van der Waals surface area contributed by atoms with E-state index in [0.29, 0.717) is 6.42 Å². The standard InChI is InChI=1S/C8H14O2/c1-3-5-6-7-10-8(9)4-2/h6-7H,3-5H2,1-2H3/b7-6+. The second-order valence-corrected chi connectivity index (χ2v) is 2.00. The van der Waals surface area contributed by atoms with E-state index < -0.39 is 0 Å². The summed E-state index contributed by atoms with van der Waals surface area (Å²) in [4.78, 5) is 10.5. The van der Waals surface area contributed by atoms with Crippen LogP contribution in [0.25, 0.3) is 0 Å². The van der Waals surface area contributed by atoms with Crippen LogP contribution in [0.5, 0.6) is 0 Å². The van der Waals surface area contributed by atoms with Gasteiger partial charge in [0.2, 0.25) is 0 Å². The molecule has 0 aromatic heterocycles. The molecule has 0 spiro atoms. The Hall–Kier alpha value is -0.790. The third kappa shape index (κ3) is 5.35. The zero-order chi connectivity index (χ0) is 7.82. The van der Waals surface area contributed by atoms with Gasteiger partial charge in [0.05, 0.1) is 6.26 Å². The second-order valence-electron chi connectivity index (χ2n) is 2.00. The van der Waals surface area contributed by atoms with Crippen molar-refractivity contribution in [3.63, 3.8) is 0 Å². The monoisotopic (exact) mass is 142 g/mol. The minimum Gasteiger partial charge on any atom is -0.435 e. The summed E-state index contributed by atoms with van der Waals surface area (Å²) in [7, 11) is 0. The van der Waals surface area contributed by atoms with E-state index >= 15 is 0 Å². The molecule has 0 saturated carbocycles. The van der Waals surface area contributed by atoms with Gasteiger partial charge in [0.15, 0.2) is 0 Å². The average Bonchev–Trinajstić information content (AvgIpc) is 1.98. The third-order valence-corrected chi connectivity index (χ3v) is 1.04. The summed E-state index contributed by atoms with van der Waals surface area (Å²) in [5.74, 6) is -0.174. The van der Waals surface area contributed by atoms with Crippen molar-refractivity contribution in [2.75, 3.05) is 0 Å². The number of allylic oxidation sites excluding steroid dienone is 1. The van der Waals surface area contributed by atoms with Crippen LogP contribution in [0.3, 0.4) is 0 Å². The van der Waals surface area contributed by atoms with Gasteiger partial charge in [0.1, 0.15) is 0 Å². The summed E-state index contributed by atoms with van der Waals surface area (Å²) in [6.07, 6.45) is 5.82. The Labute approximate surface area is 61.9 Å². The largest absolute Gasteiger partial charge is 0.435 e. The van der Waals surface area contributed by atoms with Gasteiger partial charge in [-0.15, -0.1) is 0 Å². The SMILES string of the molecule is CCC/C=C/OC(=O)CC. The molecule has 58 valence electrons. The van der Waals surface area contributed by atoms with E-state index in [0.717, 1.165) is 12.8 Å². The maximum absolute atomic E-state index is 10.5. The number of rotatable bonds is 4. The highest BCUT2D eigenvalue weighted by atomic mass is 16.5. The zero-order valence-corrected chi connectivity index (χ0v) is 6.59. The molecule has 0 radical (unpaired) electrons. The van der Waals surface area contributed by atoms with Gasteiger partial charge in [-0.2, -0.15) is 0 Å². The van der Waals surface area contributed by atoms with Crippen molar-refractivity contribution >= 4 is 5.97 Å². The van der Waals surface area contributed by atoms with E-state index in [1.807, 2.05) is 6.08 Å². The fourth-order valence-electron chi connectivity index (χ4n) is 0.442. The Balaban J connectivity index is 3.25. The predicted molar refractivity (Wildman–Crippen MR) is 40.4 cm³/mol. The smallest absolute Gasteiger partial charge is 0.310 e. The van der Waals surface area contributed by atoms with Crippen LogP contribution in [0, 0.1) is 0 Å². The quantitative estimate of drug-likeness (QED) is 0.444. The Kier molecular flexibility index (Phi) is 5.83. The van der Waals surface area contributed by atoms with Crippen molar-refractivity contribution in [3.8, 4) is 0 Å². The third-order valence-electron chi connectivity index (χ3n) is 1.04. The van der Waals surface area contributed by atoms with Crippen LogP contribution in [-0.4, -0.2) is 5.97 Å². The highest BCUT2D eigenvalue weighted by Gasteiger charge is 1.91. The van der Waals surface area contributed by atoms with Crippen molar-refractivity contribution in [3.05, 3.63) is 12.3 Å². The summed E-state index contributed by atoms with van der Waals surface area (Å²) in [5, 5.41) is 0. The fourth-order valence-corrected chi connectivity index (χ4v) is 0.442. The molecule has 0 N–H and O–H groups in total. The van der Waals surface area contributed by atoms with Crippen molar-refractivity contribution in [1.82, 2.24) is 0 Å². The first-order valence-electron chi connectivity index (χ1n) is 3.65. The van der Waals surface area contributed by atoms with E-state index in [1.165, 1.54) is 6.26 Å². The summed E-state index contributed by atoms with van der Waals surface area (Å²) in [6, 6.07) is 0. The van der Waals surface area contributed by atoms with E-state index in [4.69, 9.17) is 0 Å². The number of unbranched alkanes of at least 4 members (excludes halogenated alkanes) is 1. The lowest BCUT2D eigenvalue weighted by Crippen LogP contribution is -1.94. The molecule has 0 amide bonds. The van der Waals surface area contributed by atoms with Crippen LogP contribution in [0.1, 0.15) is 33.1 Å². The average molecular weight is 142 g/mol. The van der Waals surface area contributed by atoms with Crippen LogP contribution in [-0.2, 0) is 9.53 Å². The zero-order valence-electron chi connectivity index (χ0n) is 6.59. The predicted octanol–water partition coefficient (Wildman–Crippen LogP) is 2.25. The van der Waals surface area contributed by atoms with E-state index in [1.54, 1.807) is 6.92 Å². The van der Waals surface area contributed by atoms with Crippen LogP contribution in [0.2, 0.25) is 0 Å². The maximum atomic E-state index is 10.5. The van der Waals surface area contributed by atoms with Crippen molar-refractivity contribution in [2.45, 2.75) is 33.1 Å². The van der Waals surface area contributed by atoms with Gasteiger partial charge in [-0.25, -0.2) is 0 Å². The molecule has 0 bridgehead atoms. The molecule has 2 nitrogen and oxygen atoms in total. The lowest BCUT2D eigenvalue weighted by Gasteiger charge is -1.92. The van der Waals surface area contributed by atoms with Gasteiger partial charge < -0.3 is 4.74 Å². The minimum absolute atomic E-state index is 0.174. The molecule has 0 aliphatic carbocycles. The Morgan fingerprint density at radius 3 is 2.70 bits per heavy atom. The number of carbonyl (C=O) groups is 1. The number of hydrogen-bond acceptors (Lipinski definition) is 2. The minimum atomic E-state index is -0.174. The van der Waals surface area contributed by atoms with Gasteiger partial charge in [-0.3, -0.25) is 4.79 Å². The molecule has 2 heteroatoms. The Bertz CT molecular complexity index is 116. The van der Waals surface area contributed by atoms with Gasteiger partial charge in [0, 0.05) is 6.42 Å². The lowest BCUT2D eigenvalue weighted by molar-refractivity contribution is -0.137. The van der Waals surface area contributed by atoms with Gasteiger partial charge >= 0.3 is 5.97 Å². The number of ether oxygens (including phenoxy) is 1. The first-order valence-corrected chi connectivity index (χ1v) is 3.65. The summed E-state index contributed by atoms with van der Waals surface area (Å²) >= 11 is 0. The number of hydrogen-bond donors (Lipinski definition) is 0. The molecule has 0 aliphatic heterocycles. The van der Waals surface area contributed by atoms with Crippen molar-refractivity contribution < 1.29 is 9.53 Å². The summed E-state index contributed by atoms with van der Waals surface area (Å²) in [5.41, 5.74) is 0. The summed E-state index contributed by atoms with van der Waals surface area (Å²) < 4.78 is 4.67. The highest BCUT2D eigenvalue weighted by molar-refractivity contribution is 5.69. The fraction of sp³-hybridized carbons (Fsp3) is 0.625. The molecule has 10 heavy (non-hydrogen) atoms. The van der Waals surface area contributed by atoms with Gasteiger partial charge in [0.25, 0.3) is 0 Å². The number of esters is 1. The molecule has 0 fully saturated rings. The van der Waals surface area contributed by atoms with Gasteiger partial charge in [-0.1, -0.05) is 20.3 Å². The molecule has 0 aliphatic rings. The second kappa shape index (κ2) is 6.33. The molecular formula is C8H14O2. The first-order chi connectivity index (χ1) is 4.81. The Morgan fingerprint density at radius 1 is 1.50 bits per heavy atom. The van der Waals surface area contributed by atoms with Crippen LogP contribution >= 0.6 is 0 Å². The Morgan fingerprint density at radius 2 is 2.20 bits per heavy atom. The molecule has 0 rings (SSSR count). The molecule has 0 unspecified atom stereocenters. The van der Waals surface area contributed by atoms with Crippen LogP contribution in [0.15, 0.2) is 12.3 Å². The highest BCUT2D eigenvalue weighted by Crippen LogP contribution is 1.90. The number of carbonyl (C=O) groups excluding carboxylic acids is 1. The molecular weight excluding hydrogens is 128 g/mol. The molecule has 0 aromatic rings. The lowest BCUT2D eigenvalue weighted by atomic mass is 10.3. The maximum Gasteiger partial charge on any atom is 0.310 e. The summed E-state index contributed by atoms with van der Waals surface area (Å²) in [6.45, 7) is 3.85.